The summed E-state index contributed by atoms with van der Waals surface area (Å²) in [7, 11) is 1.77. The molecule has 0 saturated heterocycles. The molecule has 0 bridgehead atoms. The maximum absolute atomic E-state index is 13.1. The van der Waals surface area contributed by atoms with Crippen molar-refractivity contribution in [2.75, 3.05) is 11.9 Å². The van der Waals surface area contributed by atoms with Crippen molar-refractivity contribution in [3.05, 3.63) is 95.2 Å². The van der Waals surface area contributed by atoms with Gasteiger partial charge >= 0.3 is 0 Å². The summed E-state index contributed by atoms with van der Waals surface area (Å²) in [4.78, 5) is 30.1. The molecule has 0 saturated carbocycles. The molecule has 0 radical (unpaired) electrons. The van der Waals surface area contributed by atoms with Crippen LogP contribution in [0.5, 0.6) is 0 Å². The van der Waals surface area contributed by atoms with Crippen LogP contribution in [0, 0.1) is 0 Å². The number of amides is 1. The second kappa shape index (κ2) is 6.56. The van der Waals surface area contributed by atoms with Crippen LogP contribution in [0.15, 0.2) is 72.9 Å². The predicted molar refractivity (Wildman–Crippen MR) is 101 cm³/mol. The SMILES string of the molecule is CN1C(=O)C(C(c2ccccc2)c2ccc(C=O)cc2)c2cccnc21. The first kappa shape index (κ1) is 16.2. The highest BCUT2D eigenvalue weighted by Gasteiger charge is 2.42. The van der Waals surface area contributed by atoms with Gasteiger partial charge in [0.15, 0.2) is 0 Å². The number of carbonyl (C=O) groups is 2. The fourth-order valence-corrected chi connectivity index (χ4v) is 3.72. The Hall–Kier alpha value is -3.27. The summed E-state index contributed by atoms with van der Waals surface area (Å²) < 4.78 is 0. The largest absolute Gasteiger partial charge is 0.299 e. The molecule has 2 atom stereocenters. The predicted octanol–water partition coefficient (Wildman–Crippen LogP) is 3.79. The normalized spacial score (nSPS) is 17.0. The van der Waals surface area contributed by atoms with Gasteiger partial charge in [0.2, 0.25) is 5.91 Å². The highest BCUT2D eigenvalue weighted by molar-refractivity contribution is 6.04. The molecule has 26 heavy (non-hydrogen) atoms. The van der Waals surface area contributed by atoms with Crippen LogP contribution < -0.4 is 4.90 Å². The number of carbonyl (C=O) groups excluding carboxylic acids is 2. The first-order valence-electron chi connectivity index (χ1n) is 8.53. The average Bonchev–Trinajstić information content (AvgIpc) is 2.95. The quantitative estimate of drug-likeness (QED) is 0.678. The molecule has 4 rings (SSSR count). The van der Waals surface area contributed by atoms with Crippen LogP contribution in [-0.4, -0.2) is 24.2 Å². The molecule has 1 amide bonds. The Morgan fingerprint density at radius 1 is 0.962 bits per heavy atom. The number of rotatable bonds is 4. The maximum atomic E-state index is 13.1. The summed E-state index contributed by atoms with van der Waals surface area (Å²) in [6.45, 7) is 0. The zero-order valence-corrected chi connectivity index (χ0v) is 14.4. The molecule has 2 unspecified atom stereocenters. The first-order valence-corrected chi connectivity index (χ1v) is 8.53. The molecule has 128 valence electrons. The van der Waals surface area contributed by atoms with Crippen molar-refractivity contribution in [3.8, 4) is 0 Å². The highest BCUT2D eigenvalue weighted by atomic mass is 16.2. The van der Waals surface area contributed by atoms with E-state index >= 15 is 0 Å². The molecule has 2 aromatic carbocycles. The Balaban J connectivity index is 1.88. The number of aldehydes is 1. The van der Waals surface area contributed by atoms with E-state index in [0.717, 1.165) is 23.0 Å². The van der Waals surface area contributed by atoms with E-state index in [1.165, 1.54) is 0 Å². The smallest absolute Gasteiger partial charge is 0.236 e. The van der Waals surface area contributed by atoms with Gasteiger partial charge in [0.1, 0.15) is 12.1 Å². The van der Waals surface area contributed by atoms with Crippen LogP contribution in [0.3, 0.4) is 0 Å². The van der Waals surface area contributed by atoms with E-state index in [1.807, 2.05) is 54.6 Å². The lowest BCUT2D eigenvalue weighted by atomic mass is 9.78. The lowest BCUT2D eigenvalue weighted by Crippen LogP contribution is -2.28. The van der Waals surface area contributed by atoms with Crippen LogP contribution in [0.2, 0.25) is 0 Å². The minimum absolute atomic E-state index is 0.0343. The monoisotopic (exact) mass is 342 g/mol. The van der Waals surface area contributed by atoms with Gasteiger partial charge < -0.3 is 0 Å². The Morgan fingerprint density at radius 3 is 2.35 bits per heavy atom. The van der Waals surface area contributed by atoms with E-state index in [1.54, 1.807) is 30.3 Å². The Kier molecular flexibility index (Phi) is 4.09. The Bertz CT molecular complexity index is 951. The number of pyridine rings is 1. The summed E-state index contributed by atoms with van der Waals surface area (Å²) in [6, 6.07) is 21.3. The van der Waals surface area contributed by atoms with Crippen molar-refractivity contribution < 1.29 is 9.59 Å². The van der Waals surface area contributed by atoms with Crippen molar-refractivity contribution in [2.24, 2.45) is 0 Å². The van der Waals surface area contributed by atoms with E-state index in [2.05, 4.69) is 4.98 Å². The number of aromatic nitrogens is 1. The molecular weight excluding hydrogens is 324 g/mol. The third-order valence-corrected chi connectivity index (χ3v) is 4.99. The van der Waals surface area contributed by atoms with Gasteiger partial charge in [-0.25, -0.2) is 4.98 Å². The molecule has 0 aliphatic carbocycles. The lowest BCUT2D eigenvalue weighted by molar-refractivity contribution is -0.119. The number of hydrogen-bond acceptors (Lipinski definition) is 3. The number of hydrogen-bond donors (Lipinski definition) is 0. The molecule has 1 aliphatic rings. The molecule has 0 N–H and O–H groups in total. The number of benzene rings is 2. The minimum atomic E-state index is -0.340. The third kappa shape index (κ3) is 2.60. The molecule has 4 nitrogen and oxygen atoms in total. The molecule has 3 aromatic rings. The zero-order valence-electron chi connectivity index (χ0n) is 14.4. The van der Waals surface area contributed by atoms with Crippen LogP contribution in [0.4, 0.5) is 5.82 Å². The topological polar surface area (TPSA) is 50.3 Å². The number of nitrogens with zero attached hydrogens (tertiary/aromatic N) is 2. The van der Waals surface area contributed by atoms with Crippen molar-refractivity contribution in [2.45, 2.75) is 11.8 Å². The van der Waals surface area contributed by atoms with E-state index in [-0.39, 0.29) is 17.7 Å². The van der Waals surface area contributed by atoms with Crippen molar-refractivity contribution >= 4 is 18.0 Å². The fourth-order valence-electron chi connectivity index (χ4n) is 3.72. The van der Waals surface area contributed by atoms with Gasteiger partial charge in [0.05, 0.1) is 5.92 Å². The lowest BCUT2D eigenvalue weighted by Gasteiger charge is -2.24. The van der Waals surface area contributed by atoms with Gasteiger partial charge in [-0.2, -0.15) is 0 Å². The second-order valence-electron chi connectivity index (χ2n) is 6.46. The van der Waals surface area contributed by atoms with E-state index in [9.17, 15) is 9.59 Å². The average molecular weight is 342 g/mol. The standard InChI is InChI=1S/C22H18N2O2/c1-24-21-18(8-5-13-23-21)20(22(24)26)19(16-6-3-2-4-7-16)17-11-9-15(14-25)10-12-17/h2-14,19-20H,1H3. The highest BCUT2D eigenvalue weighted by Crippen LogP contribution is 2.46. The zero-order chi connectivity index (χ0) is 18.1. The van der Waals surface area contributed by atoms with E-state index in [0.29, 0.717) is 11.4 Å². The molecule has 2 heterocycles. The van der Waals surface area contributed by atoms with Gasteiger partial charge in [-0.1, -0.05) is 60.7 Å². The number of likely N-dealkylation sites (N-methyl/N-ethyl adjacent to an activating group) is 1. The Labute approximate surface area is 152 Å². The summed E-state index contributed by atoms with van der Waals surface area (Å²) in [5, 5.41) is 0. The molecular formula is C22H18N2O2. The fraction of sp³-hybridized carbons (Fsp3) is 0.136. The van der Waals surface area contributed by atoms with Crippen LogP contribution in [0.25, 0.3) is 0 Å². The summed E-state index contributed by atoms with van der Waals surface area (Å²) in [6.07, 6.45) is 2.54. The van der Waals surface area contributed by atoms with Gasteiger partial charge in [-0.05, 0) is 17.2 Å². The van der Waals surface area contributed by atoms with Gasteiger partial charge in [0, 0.05) is 30.3 Å². The van der Waals surface area contributed by atoms with Gasteiger partial charge in [-0.15, -0.1) is 0 Å². The van der Waals surface area contributed by atoms with Crippen LogP contribution >= 0.6 is 0 Å². The maximum Gasteiger partial charge on any atom is 0.236 e. The number of anilines is 1. The van der Waals surface area contributed by atoms with Crippen molar-refractivity contribution in [1.82, 2.24) is 4.98 Å². The molecule has 1 aliphatic heterocycles. The van der Waals surface area contributed by atoms with Crippen LogP contribution in [-0.2, 0) is 4.79 Å². The van der Waals surface area contributed by atoms with E-state index in [4.69, 9.17) is 0 Å². The first-order chi connectivity index (χ1) is 12.7. The van der Waals surface area contributed by atoms with Gasteiger partial charge in [0.25, 0.3) is 0 Å². The van der Waals surface area contributed by atoms with Gasteiger partial charge in [-0.3, -0.25) is 14.5 Å². The Morgan fingerprint density at radius 2 is 1.65 bits per heavy atom. The molecule has 0 fully saturated rings. The second-order valence-corrected chi connectivity index (χ2v) is 6.46. The molecule has 4 heteroatoms. The summed E-state index contributed by atoms with van der Waals surface area (Å²) in [5.74, 6) is 0.269. The summed E-state index contributed by atoms with van der Waals surface area (Å²) in [5.41, 5.74) is 3.63. The van der Waals surface area contributed by atoms with Crippen molar-refractivity contribution in [3.63, 3.8) is 0 Å². The van der Waals surface area contributed by atoms with Crippen LogP contribution in [0.1, 0.15) is 38.9 Å². The molecule has 0 spiro atoms. The third-order valence-electron chi connectivity index (χ3n) is 4.99. The summed E-state index contributed by atoms with van der Waals surface area (Å²) >= 11 is 0. The number of fused-ring (bicyclic) bond motifs is 1. The minimum Gasteiger partial charge on any atom is -0.299 e. The van der Waals surface area contributed by atoms with E-state index < -0.39 is 0 Å². The van der Waals surface area contributed by atoms with Crippen molar-refractivity contribution in [1.29, 1.82) is 0 Å². The molecule has 1 aromatic heterocycles.